The van der Waals surface area contributed by atoms with Crippen LogP contribution in [0.3, 0.4) is 0 Å². The molecule has 8 amide bonds. The lowest BCUT2D eigenvalue weighted by molar-refractivity contribution is -0.192. The summed E-state index contributed by atoms with van der Waals surface area (Å²) in [5, 5.41) is 90.3. The number of amides is 8. The summed E-state index contributed by atoms with van der Waals surface area (Å²) < 4.78 is 31.7. The van der Waals surface area contributed by atoms with Crippen LogP contribution in [0.15, 0.2) is 91.1 Å². The molecular formula is C67H93F3N14O19S2. The molecule has 3 unspecified atom stereocenters. The molecule has 1 aromatic heterocycles. The van der Waals surface area contributed by atoms with Gasteiger partial charge in [-0.05, 0) is 62.4 Å². The first-order valence-corrected chi connectivity index (χ1v) is 36.1. The highest BCUT2D eigenvalue weighted by atomic mass is 33.1. The lowest BCUT2D eigenvalue weighted by Crippen LogP contribution is -2.62. The second-order valence-electron chi connectivity index (χ2n) is 25.1. The molecule has 0 aliphatic carbocycles. The number of halogens is 3. The molecule has 4 aromatic rings. The second-order valence-corrected chi connectivity index (χ2v) is 27.6. The van der Waals surface area contributed by atoms with Gasteiger partial charge in [0.05, 0.1) is 51.0 Å². The summed E-state index contributed by atoms with van der Waals surface area (Å²) in [6, 6.07) is 12.5. The highest BCUT2D eigenvalue weighted by Crippen LogP contribution is 2.25. The smallest absolute Gasteiger partial charge is 0.480 e. The maximum absolute atomic E-state index is 15.3. The minimum Gasteiger partial charge on any atom is -0.480 e. The largest absolute Gasteiger partial charge is 0.490 e. The lowest BCUT2D eigenvalue weighted by Gasteiger charge is -2.33. The molecule has 2 aliphatic rings. The zero-order valence-corrected chi connectivity index (χ0v) is 59.5. The molecule has 0 spiro atoms. The number of carbonyl (C=O) groups is 12. The van der Waals surface area contributed by atoms with Crippen LogP contribution >= 0.6 is 21.6 Å². The number of aliphatic carboxylic acids is 4. The van der Waals surface area contributed by atoms with Gasteiger partial charge >= 0.3 is 30.1 Å². The van der Waals surface area contributed by atoms with Crippen LogP contribution in [0.2, 0.25) is 0 Å². The van der Waals surface area contributed by atoms with Crippen LogP contribution < -0.4 is 48.3 Å². The van der Waals surface area contributed by atoms with Crippen molar-refractivity contribution in [3.05, 3.63) is 108 Å². The third-order valence-corrected chi connectivity index (χ3v) is 19.2. The molecule has 105 heavy (non-hydrogen) atoms. The molecule has 2 aliphatic heterocycles. The molecule has 38 heteroatoms. The van der Waals surface area contributed by atoms with Crippen molar-refractivity contribution in [2.45, 2.75) is 119 Å². The van der Waals surface area contributed by atoms with E-state index in [2.05, 4.69) is 47.5 Å². The summed E-state index contributed by atoms with van der Waals surface area (Å²) in [7, 11) is 1.86. The molecule has 3 heterocycles. The van der Waals surface area contributed by atoms with Crippen LogP contribution in [0.25, 0.3) is 10.9 Å². The first-order chi connectivity index (χ1) is 49.8. The van der Waals surface area contributed by atoms with Crippen LogP contribution in [0.1, 0.15) is 49.8 Å². The molecule has 10 atom stereocenters. The van der Waals surface area contributed by atoms with Gasteiger partial charge in [0, 0.05) is 100 Å². The number of para-hydroxylation sites is 1. The lowest BCUT2D eigenvalue weighted by atomic mass is 10.0. The number of aromatic nitrogens is 1. The topological polar surface area (TPSA) is 497 Å². The molecule has 6 rings (SSSR count). The number of aromatic amines is 1. The van der Waals surface area contributed by atoms with E-state index in [0.717, 1.165) is 21.6 Å². The average Bonchev–Trinajstić information content (AvgIpc) is 1.64. The Hall–Kier alpha value is -8.99. The number of nitrogens with two attached hydrogens (primary N) is 1. The maximum Gasteiger partial charge on any atom is 0.490 e. The van der Waals surface area contributed by atoms with Crippen molar-refractivity contribution in [1.82, 2.24) is 67.1 Å². The number of nitrogens with zero attached hydrogens (tertiary/aromatic N) is 4. The Bertz CT molecular complexity index is 3500. The number of carboxylic acids is 4. The molecular weight excluding hydrogens is 1430 g/mol. The number of rotatable bonds is 26. The van der Waals surface area contributed by atoms with Crippen LogP contribution in [0.5, 0.6) is 0 Å². The third kappa shape index (κ3) is 30.9. The number of carboxylic acid groups (broad SMARTS) is 4. The normalized spacial score (nSPS) is 21.4. The molecule has 2 fully saturated rings. The van der Waals surface area contributed by atoms with Gasteiger partial charge in [-0.1, -0.05) is 100 Å². The van der Waals surface area contributed by atoms with Crippen molar-refractivity contribution in [3.8, 4) is 0 Å². The standard InChI is InChI=1S/C65H92N14O17S2.C2HF3O2/c1-40(81)51(37-80)72-64(95)53-39-98-97-38-52(73-60(91)48(29-42-13-5-3-6-14-42)68-54(83)33-76-21-23-77(34-55(84)85)25-27-79(36-57(88)89)28-26-78(24-22-76)35-56(86)87)63(94)70-49(30-43-15-7-4-8-16-43)61(92)71-50(31-44-32-67-46-18-10-9-17-45(44)46)62(93)69-47(19-11-12-20-66)59(90)75-58(41(2)82)65(96)74-53;3-2(4,5)1(6)7/h3-10,13-18,32,40-41,47-53,58,67,80-82H,11-12,19-31,33-39,66H2,1-2H3,(H,68,83)(H,69,93)(H,70,94)(H,71,92)(H,72,95)(H,73,91)(H,74,96)(H,75,90)(H,84,85)(H,86,87)(H,88,89);(H,6,7)/t40-,41-,47?,48-,49+,50-,51-,52?,53+,58?;/m1./s1. The number of benzene rings is 3. The Labute approximate surface area is 610 Å². The summed E-state index contributed by atoms with van der Waals surface area (Å²) in [5.41, 5.74) is 8.27. The molecule has 0 radical (unpaired) electrons. The maximum atomic E-state index is 15.3. The van der Waals surface area contributed by atoms with Crippen molar-refractivity contribution in [1.29, 1.82) is 0 Å². The van der Waals surface area contributed by atoms with Crippen molar-refractivity contribution in [2.24, 2.45) is 5.73 Å². The van der Waals surface area contributed by atoms with Gasteiger partial charge in [-0.25, -0.2) is 4.79 Å². The van der Waals surface area contributed by atoms with E-state index in [0.29, 0.717) is 40.4 Å². The number of alkyl halides is 3. The average molecular weight is 1520 g/mol. The van der Waals surface area contributed by atoms with E-state index >= 15 is 14.4 Å². The molecule has 3 aromatic carbocycles. The first kappa shape index (κ1) is 86.6. The predicted octanol–water partition coefficient (Wildman–Crippen LogP) is -2.54. The minimum absolute atomic E-state index is 0.0330. The fourth-order valence-corrected chi connectivity index (χ4v) is 13.4. The molecule has 578 valence electrons. The number of hydrogen-bond donors (Lipinski definition) is 17. The Morgan fingerprint density at radius 3 is 1.57 bits per heavy atom. The fourth-order valence-electron chi connectivity index (χ4n) is 11.0. The van der Waals surface area contributed by atoms with E-state index < -0.39 is 164 Å². The number of H-pyrrole nitrogens is 1. The van der Waals surface area contributed by atoms with Gasteiger partial charge in [0.2, 0.25) is 47.3 Å². The second kappa shape index (κ2) is 44.1. The summed E-state index contributed by atoms with van der Waals surface area (Å²) >= 11 is 0. The Balaban J connectivity index is 0.00000268. The number of aliphatic hydroxyl groups excluding tert-OH is 3. The summed E-state index contributed by atoms with van der Waals surface area (Å²) in [6.45, 7) is 1.25. The van der Waals surface area contributed by atoms with Gasteiger partial charge < -0.3 is 89.0 Å². The third-order valence-electron chi connectivity index (χ3n) is 16.8. The first-order valence-electron chi connectivity index (χ1n) is 33.7. The summed E-state index contributed by atoms with van der Waals surface area (Å²) in [4.78, 5) is 172. The van der Waals surface area contributed by atoms with Gasteiger partial charge in [0.25, 0.3) is 0 Å². The van der Waals surface area contributed by atoms with Crippen molar-refractivity contribution >= 4 is 104 Å². The number of nitrogens with one attached hydrogen (secondary N) is 9. The SMILES string of the molecule is C[C@@H](O)C1NC(=O)C(CCCCN)NC(=O)[C@@H](Cc2c[nH]c3ccccc23)NC(=O)[C@H](Cc2ccccc2)NC(=O)C(NC(=O)[C@@H](Cc2ccccc2)NC(=O)CN2CCN(CC(=O)O)CCN(CC(=O)O)CCN(CC(=O)O)CC2)CSSC[C@@H](C(=O)N[C@H](CO)[C@@H](C)O)NC1=O.O=C(O)C(F)(F)F. The monoisotopic (exact) mass is 1520 g/mol. The van der Waals surface area contributed by atoms with E-state index in [1.807, 2.05) is 12.1 Å². The van der Waals surface area contributed by atoms with Gasteiger partial charge in [-0.2, -0.15) is 13.2 Å². The van der Waals surface area contributed by atoms with Crippen molar-refractivity contribution in [3.63, 3.8) is 0 Å². The molecule has 0 bridgehead atoms. The Kier molecular flexibility index (Phi) is 36.4. The van der Waals surface area contributed by atoms with Gasteiger partial charge in [0.15, 0.2) is 0 Å². The number of unbranched alkanes of at least 4 members (excludes halogenated alkanes) is 1. The number of fused-ring (bicyclic) bond motifs is 1. The van der Waals surface area contributed by atoms with E-state index in [-0.39, 0.29) is 103 Å². The zero-order valence-electron chi connectivity index (χ0n) is 57.8. The van der Waals surface area contributed by atoms with Gasteiger partial charge in [0.1, 0.15) is 42.3 Å². The summed E-state index contributed by atoms with van der Waals surface area (Å²) in [5.74, 6) is -14.0. The molecule has 2 saturated heterocycles. The number of hydrogen-bond acceptors (Lipinski definition) is 22. The van der Waals surface area contributed by atoms with Crippen LogP contribution in [-0.2, 0) is 76.8 Å². The van der Waals surface area contributed by atoms with Gasteiger partial charge in [-0.3, -0.25) is 72.3 Å². The highest BCUT2D eigenvalue weighted by molar-refractivity contribution is 8.76. The van der Waals surface area contributed by atoms with Crippen LogP contribution in [-0.4, -0.2) is 301 Å². The quantitative estimate of drug-likeness (QED) is 0.0227. The molecule has 18 N–H and O–H groups in total. The number of aliphatic hydroxyl groups is 3. The van der Waals surface area contributed by atoms with E-state index in [1.165, 1.54) is 13.8 Å². The highest BCUT2D eigenvalue weighted by Gasteiger charge is 2.39. The van der Waals surface area contributed by atoms with E-state index in [1.54, 1.807) is 98.6 Å². The van der Waals surface area contributed by atoms with Crippen molar-refractivity contribution < 1.29 is 106 Å². The zero-order chi connectivity index (χ0) is 77.3. The van der Waals surface area contributed by atoms with Crippen LogP contribution in [0, 0.1) is 0 Å². The molecule has 33 nitrogen and oxygen atoms in total. The fraction of sp³-hybridized carbons (Fsp3) is 0.522. The molecule has 0 saturated carbocycles. The van der Waals surface area contributed by atoms with E-state index in [4.69, 9.17) is 15.6 Å². The number of carbonyl (C=O) groups excluding carboxylic acids is 8. The van der Waals surface area contributed by atoms with Gasteiger partial charge in [-0.15, -0.1) is 0 Å². The Morgan fingerprint density at radius 2 is 1.07 bits per heavy atom. The van der Waals surface area contributed by atoms with Crippen molar-refractivity contribution in [2.75, 3.05) is 103 Å². The van der Waals surface area contributed by atoms with Crippen LogP contribution in [0.4, 0.5) is 13.2 Å². The van der Waals surface area contributed by atoms with E-state index in [9.17, 15) is 82.2 Å². The summed E-state index contributed by atoms with van der Waals surface area (Å²) in [6.07, 6.45) is -6.13. The Morgan fingerprint density at radius 1 is 0.590 bits per heavy atom. The minimum atomic E-state index is -5.08. The predicted molar refractivity (Wildman–Crippen MR) is 378 cm³/mol.